The average Bonchev–Trinajstić information content (AvgIpc) is 2.55. The summed E-state index contributed by atoms with van der Waals surface area (Å²) in [5.41, 5.74) is 7.41. The highest BCUT2D eigenvalue weighted by molar-refractivity contribution is 7.80. The highest BCUT2D eigenvalue weighted by atomic mass is 35.5. The molecule has 2 aromatic carbocycles. The van der Waals surface area contributed by atoms with Crippen LogP contribution in [-0.4, -0.2) is 11.0 Å². The van der Waals surface area contributed by atoms with Crippen LogP contribution >= 0.6 is 35.4 Å². The molecule has 0 spiro atoms. The summed E-state index contributed by atoms with van der Waals surface area (Å²) in [4.78, 5) is 12.1. The molecule has 2 rings (SSSR count). The lowest BCUT2D eigenvalue weighted by Gasteiger charge is -2.13. The van der Waals surface area contributed by atoms with Crippen molar-refractivity contribution in [2.45, 2.75) is 13.3 Å². The number of thiocarbonyl (C=S) groups is 1. The van der Waals surface area contributed by atoms with E-state index in [1.165, 1.54) is 11.6 Å². The van der Waals surface area contributed by atoms with Crippen LogP contribution < -0.4 is 16.2 Å². The third kappa shape index (κ3) is 5.10. The van der Waals surface area contributed by atoms with E-state index in [0.717, 1.165) is 12.1 Å². The number of benzene rings is 2. The number of nitrogens with one attached hydrogen (secondary N) is 3. The van der Waals surface area contributed by atoms with Crippen LogP contribution in [0.5, 0.6) is 0 Å². The number of hydrazine groups is 1. The molecule has 3 N–H and O–H groups in total. The fourth-order valence-electron chi connectivity index (χ4n) is 1.88. The van der Waals surface area contributed by atoms with E-state index in [-0.39, 0.29) is 10.7 Å². The van der Waals surface area contributed by atoms with Crippen LogP contribution in [-0.2, 0) is 6.42 Å². The maximum atomic E-state index is 12.1. The Morgan fingerprint density at radius 3 is 2.65 bits per heavy atom. The van der Waals surface area contributed by atoms with Crippen molar-refractivity contribution in [2.24, 2.45) is 0 Å². The summed E-state index contributed by atoms with van der Waals surface area (Å²) >= 11 is 17.0. The Hall–Kier alpha value is -1.82. The number of halogens is 2. The number of aryl methyl sites for hydroxylation is 1. The molecule has 0 aliphatic heterocycles. The first-order chi connectivity index (χ1) is 11.0. The van der Waals surface area contributed by atoms with E-state index in [0.29, 0.717) is 10.0 Å². The first-order valence-electron chi connectivity index (χ1n) is 6.91. The molecule has 2 aromatic rings. The predicted molar refractivity (Wildman–Crippen MR) is 99.1 cm³/mol. The molecule has 0 aromatic heterocycles. The molecule has 1 amide bonds. The average molecular weight is 368 g/mol. The van der Waals surface area contributed by atoms with Gasteiger partial charge in [-0.3, -0.25) is 15.6 Å². The minimum Gasteiger partial charge on any atom is -0.331 e. The first-order valence-corrected chi connectivity index (χ1v) is 8.07. The van der Waals surface area contributed by atoms with E-state index in [2.05, 4.69) is 23.1 Å². The van der Waals surface area contributed by atoms with Gasteiger partial charge in [0.2, 0.25) is 0 Å². The monoisotopic (exact) mass is 367 g/mol. The summed E-state index contributed by atoms with van der Waals surface area (Å²) in [5.74, 6) is -0.427. The summed E-state index contributed by atoms with van der Waals surface area (Å²) in [6, 6.07) is 12.5. The van der Waals surface area contributed by atoms with E-state index in [1.54, 1.807) is 12.1 Å². The molecule has 0 bridgehead atoms. The Morgan fingerprint density at radius 2 is 1.91 bits per heavy atom. The lowest BCUT2D eigenvalue weighted by Crippen LogP contribution is -2.43. The third-order valence-electron chi connectivity index (χ3n) is 3.06. The van der Waals surface area contributed by atoms with Crippen molar-refractivity contribution in [3.05, 3.63) is 63.6 Å². The second-order valence-electron chi connectivity index (χ2n) is 4.71. The minimum atomic E-state index is -0.427. The van der Waals surface area contributed by atoms with Gasteiger partial charge in [0.25, 0.3) is 5.91 Å². The van der Waals surface area contributed by atoms with Gasteiger partial charge in [-0.1, -0.05) is 42.3 Å². The van der Waals surface area contributed by atoms with Crippen LogP contribution in [0.4, 0.5) is 5.69 Å². The van der Waals surface area contributed by atoms with Crippen molar-refractivity contribution in [1.82, 2.24) is 10.9 Å². The normalized spacial score (nSPS) is 10.0. The lowest BCUT2D eigenvalue weighted by atomic mass is 10.1. The molecule has 0 saturated heterocycles. The topological polar surface area (TPSA) is 53.2 Å². The van der Waals surface area contributed by atoms with Gasteiger partial charge in [0.05, 0.1) is 10.6 Å². The van der Waals surface area contributed by atoms with Gasteiger partial charge in [-0.15, -0.1) is 0 Å². The van der Waals surface area contributed by atoms with Crippen LogP contribution in [0.15, 0.2) is 42.5 Å². The fraction of sp³-hybridized carbons (Fsp3) is 0.125. The van der Waals surface area contributed by atoms with Gasteiger partial charge >= 0.3 is 0 Å². The van der Waals surface area contributed by atoms with E-state index in [1.807, 2.05) is 24.3 Å². The molecular formula is C16H15Cl2N3OS. The number of rotatable bonds is 3. The van der Waals surface area contributed by atoms with Crippen molar-refractivity contribution in [3.8, 4) is 0 Å². The largest absolute Gasteiger partial charge is 0.331 e. The molecule has 23 heavy (non-hydrogen) atoms. The van der Waals surface area contributed by atoms with E-state index in [4.69, 9.17) is 35.4 Å². The van der Waals surface area contributed by atoms with Crippen molar-refractivity contribution < 1.29 is 4.79 Å². The fourth-order valence-corrected chi connectivity index (χ4v) is 2.43. The summed E-state index contributed by atoms with van der Waals surface area (Å²) in [6.45, 7) is 2.07. The van der Waals surface area contributed by atoms with E-state index < -0.39 is 5.91 Å². The number of anilines is 1. The molecule has 0 saturated carbocycles. The van der Waals surface area contributed by atoms with Gasteiger partial charge in [0, 0.05) is 10.7 Å². The Labute approximate surface area is 150 Å². The van der Waals surface area contributed by atoms with Gasteiger partial charge in [-0.2, -0.15) is 0 Å². The van der Waals surface area contributed by atoms with Crippen molar-refractivity contribution >= 4 is 52.1 Å². The molecule has 0 aliphatic carbocycles. The minimum absolute atomic E-state index is 0.266. The molecule has 0 atom stereocenters. The molecule has 0 unspecified atom stereocenters. The van der Waals surface area contributed by atoms with Crippen molar-refractivity contribution in [2.75, 3.05) is 5.32 Å². The molecule has 0 aliphatic rings. The quantitative estimate of drug-likeness (QED) is 0.562. The number of carbonyl (C=O) groups excluding carboxylic acids is 1. The molecule has 7 heteroatoms. The first kappa shape index (κ1) is 17.5. The number of hydrogen-bond acceptors (Lipinski definition) is 2. The second-order valence-corrected chi connectivity index (χ2v) is 5.96. The SMILES string of the molecule is CCc1cccc(NC(=S)NNC(=O)c2cc(Cl)ccc2Cl)c1. The zero-order valence-corrected chi connectivity index (χ0v) is 14.6. The number of carbonyl (C=O) groups is 1. The van der Waals surface area contributed by atoms with Gasteiger partial charge in [-0.05, 0) is 54.5 Å². The van der Waals surface area contributed by atoms with E-state index in [9.17, 15) is 4.79 Å². The van der Waals surface area contributed by atoms with Crippen LogP contribution in [0, 0.1) is 0 Å². The van der Waals surface area contributed by atoms with Crippen LogP contribution in [0.25, 0.3) is 0 Å². The van der Waals surface area contributed by atoms with Gasteiger partial charge in [0.1, 0.15) is 0 Å². The summed E-state index contributed by atoms with van der Waals surface area (Å²) in [6.07, 6.45) is 0.930. The number of amides is 1. The van der Waals surface area contributed by atoms with Crippen molar-refractivity contribution in [1.29, 1.82) is 0 Å². The molecule has 4 nitrogen and oxygen atoms in total. The van der Waals surface area contributed by atoms with Gasteiger partial charge < -0.3 is 5.32 Å². The summed E-state index contributed by atoms with van der Waals surface area (Å²) in [7, 11) is 0. The lowest BCUT2D eigenvalue weighted by molar-refractivity contribution is 0.0944. The molecule has 0 radical (unpaired) electrons. The van der Waals surface area contributed by atoms with E-state index >= 15 is 0 Å². The smallest absolute Gasteiger partial charge is 0.271 e. The van der Waals surface area contributed by atoms with Crippen LogP contribution in [0.2, 0.25) is 10.0 Å². The highest BCUT2D eigenvalue weighted by Crippen LogP contribution is 2.20. The molecule has 0 fully saturated rings. The zero-order chi connectivity index (χ0) is 16.8. The third-order valence-corrected chi connectivity index (χ3v) is 3.82. The van der Waals surface area contributed by atoms with Crippen LogP contribution in [0.1, 0.15) is 22.8 Å². The summed E-state index contributed by atoms with van der Waals surface area (Å²) < 4.78 is 0. The Bertz CT molecular complexity index is 737. The number of hydrogen-bond donors (Lipinski definition) is 3. The van der Waals surface area contributed by atoms with Crippen LogP contribution in [0.3, 0.4) is 0 Å². The maximum absolute atomic E-state index is 12.1. The highest BCUT2D eigenvalue weighted by Gasteiger charge is 2.11. The molecular weight excluding hydrogens is 353 g/mol. The van der Waals surface area contributed by atoms with Gasteiger partial charge in [0.15, 0.2) is 5.11 Å². The Morgan fingerprint density at radius 1 is 1.13 bits per heavy atom. The maximum Gasteiger partial charge on any atom is 0.271 e. The Kier molecular flexibility index (Phi) is 6.21. The Balaban J connectivity index is 1.93. The standard InChI is InChI=1S/C16H15Cl2N3OS/c1-2-10-4-3-5-12(8-10)19-16(23)21-20-15(22)13-9-11(17)6-7-14(13)18/h3-9H,2H2,1H3,(H,20,22)(H2,19,21,23). The predicted octanol–water partition coefficient (Wildman–Crippen LogP) is 4.19. The van der Waals surface area contributed by atoms with Gasteiger partial charge in [-0.25, -0.2) is 0 Å². The molecule has 0 heterocycles. The van der Waals surface area contributed by atoms with Crippen molar-refractivity contribution in [3.63, 3.8) is 0 Å². The zero-order valence-electron chi connectivity index (χ0n) is 12.3. The molecule has 120 valence electrons. The second kappa shape index (κ2) is 8.15. The summed E-state index contributed by atoms with van der Waals surface area (Å²) in [5, 5.41) is 4.00.